The predicted octanol–water partition coefficient (Wildman–Crippen LogP) is 3.68. The topological polar surface area (TPSA) is 38.7 Å². The molecule has 2 aromatic rings. The lowest BCUT2D eigenvalue weighted by atomic mass is 10.1. The Morgan fingerprint density at radius 3 is 2.67 bits per heavy atom. The van der Waals surface area contributed by atoms with Gasteiger partial charge in [0.05, 0.1) is 7.11 Å². The van der Waals surface area contributed by atoms with Gasteiger partial charge < -0.3 is 14.6 Å². The third-order valence-corrected chi connectivity index (χ3v) is 3.46. The van der Waals surface area contributed by atoms with E-state index in [0.717, 1.165) is 23.3 Å². The summed E-state index contributed by atoms with van der Waals surface area (Å²) in [5, 5.41) is 10.3. The molecule has 0 aliphatic heterocycles. The van der Waals surface area contributed by atoms with Crippen molar-refractivity contribution in [1.82, 2.24) is 0 Å². The molecule has 2 aromatic carbocycles. The number of aliphatic hydroxyl groups is 1. The van der Waals surface area contributed by atoms with Crippen LogP contribution in [0.15, 0.2) is 42.5 Å². The van der Waals surface area contributed by atoms with Crippen LogP contribution in [0.5, 0.6) is 11.5 Å². The fourth-order valence-electron chi connectivity index (χ4n) is 2.23. The molecule has 0 radical (unpaired) electrons. The molecule has 1 N–H and O–H groups in total. The van der Waals surface area contributed by atoms with E-state index >= 15 is 0 Å². The Hall–Kier alpha value is -2.00. The molecule has 0 aromatic heterocycles. The van der Waals surface area contributed by atoms with Crippen LogP contribution in [0.4, 0.5) is 0 Å². The summed E-state index contributed by atoms with van der Waals surface area (Å²) < 4.78 is 11.0. The summed E-state index contributed by atoms with van der Waals surface area (Å²) in [5.74, 6) is 1.46. The summed E-state index contributed by atoms with van der Waals surface area (Å²) in [5.41, 5.74) is 3.05. The molecule has 0 fully saturated rings. The van der Waals surface area contributed by atoms with Crippen LogP contribution < -0.4 is 9.47 Å². The molecular formula is C18H22O3. The van der Waals surface area contributed by atoms with Gasteiger partial charge in [0.1, 0.15) is 24.2 Å². The van der Waals surface area contributed by atoms with Gasteiger partial charge in [-0.2, -0.15) is 0 Å². The van der Waals surface area contributed by atoms with Crippen LogP contribution in [-0.4, -0.2) is 18.8 Å². The largest absolute Gasteiger partial charge is 0.496 e. The van der Waals surface area contributed by atoms with Gasteiger partial charge in [-0.25, -0.2) is 0 Å². The molecule has 21 heavy (non-hydrogen) atoms. The standard InChI is InChI=1S/C18H22O3/c1-4-14-6-5-7-15(11-14)21-12-17(19)16-10-13(2)8-9-18(16)20-3/h5-11,17,19H,4,12H2,1-3H3. The highest BCUT2D eigenvalue weighted by Gasteiger charge is 2.14. The van der Waals surface area contributed by atoms with Crippen LogP contribution in [0, 0.1) is 6.92 Å². The van der Waals surface area contributed by atoms with Crippen molar-refractivity contribution in [2.75, 3.05) is 13.7 Å². The molecule has 0 saturated carbocycles. The van der Waals surface area contributed by atoms with Crippen LogP contribution in [0.2, 0.25) is 0 Å². The van der Waals surface area contributed by atoms with Crippen molar-refractivity contribution in [3.8, 4) is 11.5 Å². The van der Waals surface area contributed by atoms with E-state index in [2.05, 4.69) is 13.0 Å². The number of hydrogen-bond acceptors (Lipinski definition) is 3. The average molecular weight is 286 g/mol. The zero-order valence-electron chi connectivity index (χ0n) is 12.8. The Labute approximate surface area is 126 Å². The molecule has 0 spiro atoms. The van der Waals surface area contributed by atoms with Crippen molar-refractivity contribution in [1.29, 1.82) is 0 Å². The number of methoxy groups -OCH3 is 1. The summed E-state index contributed by atoms with van der Waals surface area (Å²) in [4.78, 5) is 0. The van der Waals surface area contributed by atoms with E-state index < -0.39 is 6.10 Å². The summed E-state index contributed by atoms with van der Waals surface area (Å²) in [6.45, 7) is 4.29. The van der Waals surface area contributed by atoms with Gasteiger partial charge in [0, 0.05) is 5.56 Å². The number of benzene rings is 2. The lowest BCUT2D eigenvalue weighted by Gasteiger charge is -2.16. The summed E-state index contributed by atoms with van der Waals surface area (Å²) in [7, 11) is 1.60. The molecule has 1 atom stereocenters. The van der Waals surface area contributed by atoms with E-state index in [1.807, 2.05) is 43.3 Å². The highest BCUT2D eigenvalue weighted by Crippen LogP contribution is 2.27. The molecule has 112 valence electrons. The minimum Gasteiger partial charge on any atom is -0.496 e. The Bertz CT molecular complexity index is 593. The SMILES string of the molecule is CCc1cccc(OCC(O)c2cc(C)ccc2OC)c1. The van der Waals surface area contributed by atoms with Crippen molar-refractivity contribution in [2.45, 2.75) is 26.4 Å². The van der Waals surface area contributed by atoms with Gasteiger partial charge >= 0.3 is 0 Å². The first-order valence-corrected chi connectivity index (χ1v) is 7.18. The smallest absolute Gasteiger partial charge is 0.124 e. The van der Waals surface area contributed by atoms with Crippen LogP contribution in [0.3, 0.4) is 0 Å². The maximum absolute atomic E-state index is 10.3. The van der Waals surface area contributed by atoms with Gasteiger partial charge in [0.15, 0.2) is 0 Å². The molecule has 0 heterocycles. The van der Waals surface area contributed by atoms with E-state index in [4.69, 9.17) is 9.47 Å². The van der Waals surface area contributed by atoms with Crippen molar-refractivity contribution in [3.05, 3.63) is 59.2 Å². The molecular weight excluding hydrogens is 264 g/mol. The van der Waals surface area contributed by atoms with Gasteiger partial charge in [-0.3, -0.25) is 0 Å². The Morgan fingerprint density at radius 2 is 1.95 bits per heavy atom. The lowest BCUT2D eigenvalue weighted by molar-refractivity contribution is 0.105. The lowest BCUT2D eigenvalue weighted by Crippen LogP contribution is -2.11. The van der Waals surface area contributed by atoms with Gasteiger partial charge in [0.25, 0.3) is 0 Å². The van der Waals surface area contributed by atoms with Crippen LogP contribution in [0.25, 0.3) is 0 Å². The average Bonchev–Trinajstić information content (AvgIpc) is 2.52. The third-order valence-electron chi connectivity index (χ3n) is 3.46. The van der Waals surface area contributed by atoms with Crippen LogP contribution in [-0.2, 0) is 6.42 Å². The summed E-state index contributed by atoms with van der Waals surface area (Å²) in [6, 6.07) is 13.7. The van der Waals surface area contributed by atoms with Gasteiger partial charge in [-0.05, 0) is 43.2 Å². The zero-order chi connectivity index (χ0) is 15.2. The minimum atomic E-state index is -0.717. The Kier molecular flexibility index (Phi) is 5.23. The molecule has 1 unspecified atom stereocenters. The second-order valence-corrected chi connectivity index (χ2v) is 5.07. The number of aliphatic hydroxyl groups excluding tert-OH is 1. The number of hydrogen-bond donors (Lipinski definition) is 1. The van der Waals surface area contributed by atoms with Gasteiger partial charge in [0.2, 0.25) is 0 Å². The molecule has 3 nitrogen and oxygen atoms in total. The number of aryl methyl sites for hydroxylation is 2. The maximum atomic E-state index is 10.3. The summed E-state index contributed by atoms with van der Waals surface area (Å²) in [6.07, 6.45) is 0.246. The van der Waals surface area contributed by atoms with E-state index in [9.17, 15) is 5.11 Å². The zero-order valence-corrected chi connectivity index (χ0v) is 12.8. The van der Waals surface area contributed by atoms with E-state index in [1.165, 1.54) is 5.56 Å². The third kappa shape index (κ3) is 3.99. The number of rotatable bonds is 6. The second-order valence-electron chi connectivity index (χ2n) is 5.07. The molecule has 2 rings (SSSR count). The van der Waals surface area contributed by atoms with Crippen molar-refractivity contribution < 1.29 is 14.6 Å². The molecule has 3 heteroatoms. The first-order chi connectivity index (χ1) is 10.1. The normalized spacial score (nSPS) is 12.0. The van der Waals surface area contributed by atoms with Gasteiger partial charge in [-0.1, -0.05) is 30.7 Å². The second kappa shape index (κ2) is 7.14. The van der Waals surface area contributed by atoms with Crippen molar-refractivity contribution in [3.63, 3.8) is 0 Å². The monoisotopic (exact) mass is 286 g/mol. The first-order valence-electron chi connectivity index (χ1n) is 7.18. The predicted molar refractivity (Wildman–Crippen MR) is 84.0 cm³/mol. The maximum Gasteiger partial charge on any atom is 0.124 e. The molecule has 0 aliphatic rings. The fraction of sp³-hybridized carbons (Fsp3) is 0.333. The number of ether oxygens (including phenoxy) is 2. The summed E-state index contributed by atoms with van der Waals surface area (Å²) >= 11 is 0. The van der Waals surface area contributed by atoms with E-state index in [-0.39, 0.29) is 6.61 Å². The minimum absolute atomic E-state index is 0.201. The fourth-order valence-corrected chi connectivity index (χ4v) is 2.23. The quantitative estimate of drug-likeness (QED) is 0.880. The molecule has 0 amide bonds. The Morgan fingerprint density at radius 1 is 1.14 bits per heavy atom. The molecule has 0 bridgehead atoms. The van der Waals surface area contributed by atoms with E-state index in [1.54, 1.807) is 7.11 Å². The van der Waals surface area contributed by atoms with Gasteiger partial charge in [-0.15, -0.1) is 0 Å². The highest BCUT2D eigenvalue weighted by atomic mass is 16.5. The van der Waals surface area contributed by atoms with E-state index in [0.29, 0.717) is 5.75 Å². The van der Waals surface area contributed by atoms with Crippen LogP contribution >= 0.6 is 0 Å². The Balaban J connectivity index is 2.07. The molecule has 0 aliphatic carbocycles. The van der Waals surface area contributed by atoms with Crippen molar-refractivity contribution >= 4 is 0 Å². The van der Waals surface area contributed by atoms with Crippen molar-refractivity contribution in [2.24, 2.45) is 0 Å². The van der Waals surface area contributed by atoms with Crippen LogP contribution in [0.1, 0.15) is 29.7 Å². The highest BCUT2D eigenvalue weighted by molar-refractivity contribution is 5.38. The molecule has 0 saturated heterocycles. The first kappa shape index (κ1) is 15.4.